The Morgan fingerprint density at radius 2 is 1.11 bits per heavy atom. The van der Waals surface area contributed by atoms with Gasteiger partial charge in [0, 0.05) is 24.0 Å². The molecule has 1 fully saturated rings. The van der Waals surface area contributed by atoms with Crippen molar-refractivity contribution in [3.05, 3.63) is 0 Å². The zero-order valence-electron chi connectivity index (χ0n) is 36.1. The molecule has 0 aromatic carbocycles. The van der Waals surface area contributed by atoms with Crippen LogP contribution in [0.1, 0.15) is 213 Å². The number of nitrogens with one attached hydrogen (secondary N) is 1. The molecule has 1 amide bonds. The van der Waals surface area contributed by atoms with E-state index in [1.807, 2.05) is 0 Å². The van der Waals surface area contributed by atoms with E-state index in [9.17, 15) is 14.4 Å². The first-order valence-electron chi connectivity index (χ1n) is 23.3. The summed E-state index contributed by atoms with van der Waals surface area (Å²) in [7, 11) is 2.11. The van der Waals surface area contributed by atoms with Crippen molar-refractivity contribution in [3.8, 4) is 0 Å². The molecule has 1 rings (SSSR count). The number of piperidine rings is 1. The first-order chi connectivity index (χ1) is 26.4. The zero-order chi connectivity index (χ0) is 39.3. The summed E-state index contributed by atoms with van der Waals surface area (Å²) in [5, 5.41) is 3.19. The number of rotatable bonds is 38. The van der Waals surface area contributed by atoms with Crippen molar-refractivity contribution in [2.24, 2.45) is 11.8 Å². The van der Waals surface area contributed by atoms with Crippen LogP contribution in [0.15, 0.2) is 0 Å². The van der Waals surface area contributed by atoms with Gasteiger partial charge in [-0.25, -0.2) is 0 Å². The quantitative estimate of drug-likeness (QED) is 0.0493. The molecule has 7 nitrogen and oxygen atoms in total. The molecule has 0 radical (unpaired) electrons. The van der Waals surface area contributed by atoms with Crippen molar-refractivity contribution in [2.45, 2.75) is 219 Å². The van der Waals surface area contributed by atoms with Crippen molar-refractivity contribution in [1.82, 2.24) is 10.2 Å². The maximum absolute atomic E-state index is 13.5. The molecule has 2 unspecified atom stereocenters. The van der Waals surface area contributed by atoms with Gasteiger partial charge in [0.25, 0.3) is 0 Å². The molecule has 0 aromatic heterocycles. The summed E-state index contributed by atoms with van der Waals surface area (Å²) < 4.78 is 11.5. The van der Waals surface area contributed by atoms with Gasteiger partial charge in [-0.1, -0.05) is 168 Å². The van der Waals surface area contributed by atoms with Gasteiger partial charge in [0.1, 0.15) is 0 Å². The smallest absolute Gasteiger partial charge is 0.310 e. The number of hydrogen-bond acceptors (Lipinski definition) is 7. The fourth-order valence-corrected chi connectivity index (χ4v) is 8.53. The van der Waals surface area contributed by atoms with Gasteiger partial charge >= 0.3 is 11.9 Å². The molecular weight excluding hydrogens is 693 g/mol. The lowest BCUT2D eigenvalue weighted by Gasteiger charge is -2.29. The number of likely N-dealkylation sites (tertiary alicyclic amines) is 1. The van der Waals surface area contributed by atoms with Crippen LogP contribution in [0.25, 0.3) is 0 Å². The minimum absolute atomic E-state index is 0.0668. The fourth-order valence-electron chi connectivity index (χ4n) is 7.51. The first-order valence-corrected chi connectivity index (χ1v) is 24.4. The van der Waals surface area contributed by atoms with Crippen molar-refractivity contribution in [2.75, 3.05) is 44.9 Å². The summed E-state index contributed by atoms with van der Waals surface area (Å²) in [6.45, 7) is 9.65. The topological polar surface area (TPSA) is 84.9 Å². The molecule has 1 N–H and O–H groups in total. The minimum atomic E-state index is -0.511. The van der Waals surface area contributed by atoms with Gasteiger partial charge in [-0.2, -0.15) is 11.8 Å². The molecule has 54 heavy (non-hydrogen) atoms. The number of carbonyl (C=O) groups excluding carboxylic acids is 3. The van der Waals surface area contributed by atoms with Crippen LogP contribution in [0.3, 0.4) is 0 Å². The number of hydrogen-bond donors (Lipinski definition) is 1. The number of carbonyl (C=O) groups is 3. The second kappa shape index (κ2) is 37.3. The van der Waals surface area contributed by atoms with Crippen LogP contribution in [0, 0.1) is 11.8 Å². The van der Waals surface area contributed by atoms with E-state index in [2.05, 4.69) is 38.0 Å². The van der Waals surface area contributed by atoms with Gasteiger partial charge < -0.3 is 19.7 Å². The maximum atomic E-state index is 13.5. The summed E-state index contributed by atoms with van der Waals surface area (Å²) in [6.07, 6.45) is 35.3. The molecule has 1 saturated heterocycles. The SMILES string of the molecule is CCCCCCCCCCCCCCCCOC(=O)CCSCC(CC(=O)NC1CCN(C)CC1)C(=O)OCC(CCCCCC)CCCCCCCC. The van der Waals surface area contributed by atoms with E-state index in [1.165, 1.54) is 141 Å². The Bertz CT molecular complexity index is 881. The normalized spacial score (nSPS) is 14.9. The molecule has 0 saturated carbocycles. The number of esters is 2. The van der Waals surface area contributed by atoms with E-state index >= 15 is 0 Å². The van der Waals surface area contributed by atoms with Crippen LogP contribution < -0.4 is 5.32 Å². The molecule has 0 bridgehead atoms. The van der Waals surface area contributed by atoms with Gasteiger partial charge in [0.15, 0.2) is 0 Å². The first kappa shape index (κ1) is 50.7. The standard InChI is InChI=1S/C46H88N2O5S/c1-5-8-11-14-16-17-18-19-20-21-22-23-25-28-36-52-45(50)33-37-54-40-42(38-44(49)47-43-31-34-48(4)35-32-43)46(51)53-39-41(29-26-13-10-7-3)30-27-24-15-12-9-6-2/h41-43H,5-40H2,1-4H3,(H,47,49). The summed E-state index contributed by atoms with van der Waals surface area (Å²) in [5.74, 6) is 0.429. The molecule has 0 spiro atoms. The highest BCUT2D eigenvalue weighted by Crippen LogP contribution is 2.22. The van der Waals surface area contributed by atoms with E-state index in [1.54, 1.807) is 11.8 Å². The summed E-state index contributed by atoms with van der Waals surface area (Å²) in [4.78, 5) is 41.4. The van der Waals surface area contributed by atoms with Crippen LogP contribution in [0.2, 0.25) is 0 Å². The van der Waals surface area contributed by atoms with Gasteiger partial charge in [0.2, 0.25) is 5.91 Å². The highest BCUT2D eigenvalue weighted by Gasteiger charge is 2.27. The molecular formula is C46H88N2O5S. The second-order valence-electron chi connectivity index (χ2n) is 16.6. The molecule has 2 atom stereocenters. The average Bonchev–Trinajstić information content (AvgIpc) is 3.16. The Balaban J connectivity index is 2.42. The molecule has 0 aliphatic carbocycles. The van der Waals surface area contributed by atoms with Gasteiger partial charge in [0.05, 0.1) is 25.6 Å². The van der Waals surface area contributed by atoms with Crippen molar-refractivity contribution >= 4 is 29.6 Å². The molecule has 1 aliphatic rings. The monoisotopic (exact) mass is 781 g/mol. The van der Waals surface area contributed by atoms with E-state index in [-0.39, 0.29) is 30.3 Å². The summed E-state index contributed by atoms with van der Waals surface area (Å²) in [5.41, 5.74) is 0. The predicted molar refractivity (Wildman–Crippen MR) is 231 cm³/mol. The van der Waals surface area contributed by atoms with E-state index in [4.69, 9.17) is 9.47 Å². The van der Waals surface area contributed by atoms with Crippen molar-refractivity contribution < 1.29 is 23.9 Å². The Kier molecular flexibility index (Phi) is 35.1. The van der Waals surface area contributed by atoms with Crippen molar-refractivity contribution in [1.29, 1.82) is 0 Å². The number of thioether (sulfide) groups is 1. The highest BCUT2D eigenvalue weighted by molar-refractivity contribution is 7.99. The average molecular weight is 781 g/mol. The third-order valence-electron chi connectivity index (χ3n) is 11.3. The van der Waals surface area contributed by atoms with Crippen LogP contribution in [-0.2, 0) is 23.9 Å². The number of unbranched alkanes of at least 4 members (excludes halogenated alkanes) is 21. The molecule has 1 heterocycles. The Hall–Kier alpha value is -1.28. The van der Waals surface area contributed by atoms with Crippen LogP contribution in [0.4, 0.5) is 0 Å². The molecule has 318 valence electrons. The second-order valence-corrected chi connectivity index (χ2v) is 17.7. The molecule has 1 aliphatic heterocycles. The predicted octanol–water partition coefficient (Wildman–Crippen LogP) is 12.2. The van der Waals surface area contributed by atoms with Gasteiger partial charge in [-0.05, 0) is 58.2 Å². The third-order valence-corrected chi connectivity index (χ3v) is 12.4. The van der Waals surface area contributed by atoms with Gasteiger partial charge in [-0.15, -0.1) is 0 Å². The number of ether oxygens (including phenoxy) is 2. The van der Waals surface area contributed by atoms with Crippen LogP contribution in [0.5, 0.6) is 0 Å². The summed E-state index contributed by atoms with van der Waals surface area (Å²) >= 11 is 1.56. The zero-order valence-corrected chi connectivity index (χ0v) is 36.9. The largest absolute Gasteiger partial charge is 0.466 e. The number of nitrogens with zero attached hydrogens (tertiary/aromatic N) is 1. The van der Waals surface area contributed by atoms with E-state index < -0.39 is 5.92 Å². The Morgan fingerprint density at radius 1 is 0.648 bits per heavy atom. The molecule has 0 aromatic rings. The lowest BCUT2D eigenvalue weighted by atomic mass is 9.95. The minimum Gasteiger partial charge on any atom is -0.466 e. The Morgan fingerprint density at radius 3 is 1.63 bits per heavy atom. The van der Waals surface area contributed by atoms with Crippen LogP contribution >= 0.6 is 11.8 Å². The fraction of sp³-hybridized carbons (Fsp3) is 0.935. The van der Waals surface area contributed by atoms with Gasteiger partial charge in [-0.3, -0.25) is 14.4 Å². The highest BCUT2D eigenvalue weighted by atomic mass is 32.2. The summed E-state index contributed by atoms with van der Waals surface area (Å²) in [6, 6.07) is 0.164. The van der Waals surface area contributed by atoms with Crippen LogP contribution in [-0.4, -0.2) is 73.6 Å². The van der Waals surface area contributed by atoms with Crippen molar-refractivity contribution in [3.63, 3.8) is 0 Å². The number of amides is 1. The lowest BCUT2D eigenvalue weighted by Crippen LogP contribution is -2.44. The molecule has 8 heteroatoms. The Labute approximate surface area is 338 Å². The van der Waals surface area contributed by atoms with E-state index in [0.717, 1.165) is 51.6 Å². The van der Waals surface area contributed by atoms with E-state index in [0.29, 0.717) is 37.1 Å². The third kappa shape index (κ3) is 30.9. The lowest BCUT2D eigenvalue weighted by molar-refractivity contribution is -0.151. The maximum Gasteiger partial charge on any atom is 0.310 e.